The molecule has 112 valence electrons. The zero-order chi connectivity index (χ0) is 15.4. The van der Waals surface area contributed by atoms with Crippen molar-refractivity contribution in [3.63, 3.8) is 0 Å². The summed E-state index contributed by atoms with van der Waals surface area (Å²) in [6.07, 6.45) is 0. The van der Waals surface area contributed by atoms with Gasteiger partial charge in [0.1, 0.15) is 23.2 Å². The molecule has 0 bridgehead atoms. The zero-order valence-corrected chi connectivity index (χ0v) is 13.1. The number of hydrogen-bond acceptors (Lipinski definition) is 5. The van der Waals surface area contributed by atoms with Crippen molar-refractivity contribution in [1.82, 2.24) is 9.97 Å². The molecule has 0 radical (unpaired) electrons. The van der Waals surface area contributed by atoms with Gasteiger partial charge in [-0.05, 0) is 12.1 Å². The first-order chi connectivity index (χ1) is 10.0. The van der Waals surface area contributed by atoms with Crippen LogP contribution in [0, 0.1) is 0 Å². The Morgan fingerprint density at radius 3 is 2.76 bits per heavy atom. The first-order valence-electron chi connectivity index (χ1n) is 6.71. The molecule has 0 unspecified atom stereocenters. The third-order valence-electron chi connectivity index (χ3n) is 3.02. The lowest BCUT2D eigenvalue weighted by Gasteiger charge is -2.13. The van der Waals surface area contributed by atoms with Crippen molar-refractivity contribution in [1.29, 1.82) is 0 Å². The second-order valence-electron chi connectivity index (χ2n) is 4.97. The highest BCUT2D eigenvalue weighted by Gasteiger charge is 2.10. The molecule has 0 atom stereocenters. The van der Waals surface area contributed by atoms with Crippen LogP contribution < -0.4 is 15.8 Å². The number of rotatable bonds is 5. The summed E-state index contributed by atoms with van der Waals surface area (Å²) in [4.78, 5) is 8.66. The molecule has 0 amide bonds. The minimum atomic E-state index is 0.212. The van der Waals surface area contributed by atoms with Gasteiger partial charge in [0.25, 0.3) is 0 Å². The number of methoxy groups -OCH3 is 1. The Morgan fingerprint density at radius 1 is 1.33 bits per heavy atom. The van der Waals surface area contributed by atoms with Gasteiger partial charge in [-0.15, -0.1) is 0 Å². The van der Waals surface area contributed by atoms with Gasteiger partial charge in [-0.2, -0.15) is 0 Å². The van der Waals surface area contributed by atoms with E-state index in [-0.39, 0.29) is 5.92 Å². The van der Waals surface area contributed by atoms with Crippen molar-refractivity contribution in [2.75, 3.05) is 18.2 Å². The average molecular weight is 307 g/mol. The summed E-state index contributed by atoms with van der Waals surface area (Å²) in [7, 11) is 1.62. The number of hydrogen-bond donors (Lipinski definition) is 2. The van der Waals surface area contributed by atoms with Crippen LogP contribution in [0.2, 0.25) is 5.02 Å². The number of nitrogens with zero attached hydrogens (tertiary/aromatic N) is 2. The number of nitrogens with one attached hydrogen (secondary N) is 1. The standard InChI is InChI=1S/C15H19ClN4O/c1-9(2)15-19-13(17)7-14(20-15)18-8-10-11(16)5-4-6-12(10)21-3/h4-7,9H,8H2,1-3H3,(H3,17,18,19,20). The van der Waals surface area contributed by atoms with Crippen LogP contribution in [0.5, 0.6) is 5.75 Å². The molecule has 0 aliphatic rings. The van der Waals surface area contributed by atoms with E-state index in [1.807, 2.05) is 32.0 Å². The van der Waals surface area contributed by atoms with Crippen molar-refractivity contribution in [2.24, 2.45) is 0 Å². The maximum Gasteiger partial charge on any atom is 0.135 e. The van der Waals surface area contributed by atoms with E-state index in [2.05, 4.69) is 15.3 Å². The van der Waals surface area contributed by atoms with E-state index in [9.17, 15) is 0 Å². The predicted molar refractivity (Wildman–Crippen MR) is 85.9 cm³/mol. The van der Waals surface area contributed by atoms with Crippen LogP contribution in [0.25, 0.3) is 0 Å². The first kappa shape index (κ1) is 15.4. The van der Waals surface area contributed by atoms with E-state index in [0.717, 1.165) is 11.3 Å². The normalized spacial score (nSPS) is 10.7. The van der Waals surface area contributed by atoms with Crippen LogP contribution in [-0.2, 0) is 6.54 Å². The van der Waals surface area contributed by atoms with Crippen molar-refractivity contribution in [3.8, 4) is 5.75 Å². The van der Waals surface area contributed by atoms with E-state index < -0.39 is 0 Å². The number of ether oxygens (including phenoxy) is 1. The van der Waals surface area contributed by atoms with Crippen molar-refractivity contribution >= 4 is 23.2 Å². The van der Waals surface area contributed by atoms with E-state index in [0.29, 0.717) is 29.0 Å². The van der Waals surface area contributed by atoms with Gasteiger partial charge in [-0.3, -0.25) is 0 Å². The van der Waals surface area contributed by atoms with Crippen LogP contribution >= 0.6 is 11.6 Å². The summed E-state index contributed by atoms with van der Waals surface area (Å²) in [5, 5.41) is 3.86. The fraction of sp³-hybridized carbons (Fsp3) is 0.333. The minimum absolute atomic E-state index is 0.212. The van der Waals surface area contributed by atoms with Crippen LogP contribution in [-0.4, -0.2) is 17.1 Å². The Hall–Kier alpha value is -2.01. The van der Waals surface area contributed by atoms with Gasteiger partial charge in [0.05, 0.1) is 7.11 Å². The van der Waals surface area contributed by atoms with E-state index >= 15 is 0 Å². The summed E-state index contributed by atoms with van der Waals surface area (Å²) in [6.45, 7) is 4.54. The molecule has 0 saturated heterocycles. The van der Waals surface area contributed by atoms with Crippen LogP contribution in [0.3, 0.4) is 0 Å². The smallest absolute Gasteiger partial charge is 0.135 e. The Morgan fingerprint density at radius 2 is 2.10 bits per heavy atom. The number of benzene rings is 1. The second kappa shape index (κ2) is 6.63. The Labute approximate surface area is 129 Å². The maximum absolute atomic E-state index is 6.21. The maximum atomic E-state index is 6.21. The molecule has 1 aromatic carbocycles. The molecule has 5 nitrogen and oxygen atoms in total. The molecule has 2 rings (SSSR count). The summed E-state index contributed by atoms with van der Waals surface area (Å²) in [5.74, 6) is 2.78. The van der Waals surface area contributed by atoms with Gasteiger partial charge >= 0.3 is 0 Å². The molecular weight excluding hydrogens is 288 g/mol. The Kier molecular flexibility index (Phi) is 4.85. The average Bonchev–Trinajstić information content (AvgIpc) is 2.45. The second-order valence-corrected chi connectivity index (χ2v) is 5.37. The molecule has 0 fully saturated rings. The number of aromatic nitrogens is 2. The monoisotopic (exact) mass is 306 g/mol. The topological polar surface area (TPSA) is 73.1 Å². The SMILES string of the molecule is COc1cccc(Cl)c1CNc1cc(N)nc(C(C)C)n1. The third-order valence-corrected chi connectivity index (χ3v) is 3.38. The largest absolute Gasteiger partial charge is 0.496 e. The van der Waals surface area contributed by atoms with E-state index in [1.165, 1.54) is 0 Å². The van der Waals surface area contributed by atoms with Gasteiger partial charge in [-0.1, -0.05) is 31.5 Å². The molecule has 1 heterocycles. The minimum Gasteiger partial charge on any atom is -0.496 e. The molecule has 3 N–H and O–H groups in total. The lowest BCUT2D eigenvalue weighted by atomic mass is 10.2. The number of anilines is 2. The molecule has 0 aliphatic heterocycles. The molecule has 0 spiro atoms. The highest BCUT2D eigenvalue weighted by atomic mass is 35.5. The van der Waals surface area contributed by atoms with E-state index in [1.54, 1.807) is 13.2 Å². The lowest BCUT2D eigenvalue weighted by molar-refractivity contribution is 0.410. The Balaban J connectivity index is 2.21. The molecule has 6 heteroatoms. The molecule has 2 aromatic rings. The number of halogens is 1. The summed E-state index contributed by atoms with van der Waals surface area (Å²) < 4.78 is 5.32. The van der Waals surface area contributed by atoms with E-state index in [4.69, 9.17) is 22.1 Å². The quantitative estimate of drug-likeness (QED) is 0.885. The van der Waals surface area contributed by atoms with Gasteiger partial charge in [0.15, 0.2) is 0 Å². The molecule has 21 heavy (non-hydrogen) atoms. The predicted octanol–water partition coefficient (Wildman–Crippen LogP) is 3.46. The van der Waals surface area contributed by atoms with Crippen LogP contribution in [0.4, 0.5) is 11.6 Å². The van der Waals surface area contributed by atoms with Crippen LogP contribution in [0.1, 0.15) is 31.2 Å². The van der Waals surface area contributed by atoms with Crippen molar-refractivity contribution in [2.45, 2.75) is 26.3 Å². The van der Waals surface area contributed by atoms with Gasteiger partial charge in [0.2, 0.25) is 0 Å². The highest BCUT2D eigenvalue weighted by molar-refractivity contribution is 6.31. The molecule has 0 saturated carbocycles. The molecule has 1 aromatic heterocycles. The van der Waals surface area contributed by atoms with Crippen molar-refractivity contribution < 1.29 is 4.74 Å². The number of nitrogen functional groups attached to an aromatic ring is 1. The fourth-order valence-corrected chi connectivity index (χ4v) is 2.15. The summed E-state index contributed by atoms with van der Waals surface area (Å²) in [6, 6.07) is 7.26. The van der Waals surface area contributed by atoms with Gasteiger partial charge in [-0.25, -0.2) is 9.97 Å². The highest BCUT2D eigenvalue weighted by Crippen LogP contribution is 2.27. The molecular formula is C15H19ClN4O. The third kappa shape index (κ3) is 3.76. The molecule has 0 aliphatic carbocycles. The summed E-state index contributed by atoms with van der Waals surface area (Å²) in [5.41, 5.74) is 6.69. The lowest BCUT2D eigenvalue weighted by Crippen LogP contribution is -2.08. The summed E-state index contributed by atoms with van der Waals surface area (Å²) >= 11 is 6.21. The first-order valence-corrected chi connectivity index (χ1v) is 7.08. The Bertz CT molecular complexity index is 631. The van der Waals surface area contributed by atoms with Gasteiger partial charge < -0.3 is 15.8 Å². The van der Waals surface area contributed by atoms with Crippen molar-refractivity contribution in [3.05, 3.63) is 40.7 Å². The number of nitrogens with two attached hydrogens (primary N) is 1. The van der Waals surface area contributed by atoms with Crippen LogP contribution in [0.15, 0.2) is 24.3 Å². The zero-order valence-electron chi connectivity index (χ0n) is 12.4. The fourth-order valence-electron chi connectivity index (χ4n) is 1.91. The van der Waals surface area contributed by atoms with Gasteiger partial charge in [0, 0.05) is 29.1 Å².